The predicted molar refractivity (Wildman–Crippen MR) is 83.9 cm³/mol. The Balaban J connectivity index is 2.01. The van der Waals surface area contributed by atoms with E-state index in [-0.39, 0.29) is 5.92 Å². The zero-order valence-corrected chi connectivity index (χ0v) is 12.3. The van der Waals surface area contributed by atoms with Gasteiger partial charge in [-0.2, -0.15) is 0 Å². The van der Waals surface area contributed by atoms with Gasteiger partial charge in [-0.1, -0.05) is 68.4 Å². The van der Waals surface area contributed by atoms with Gasteiger partial charge in [0, 0.05) is 5.92 Å². The predicted octanol–water partition coefficient (Wildman–Crippen LogP) is 4.41. The summed E-state index contributed by atoms with van der Waals surface area (Å²) in [6, 6.07) is 18.9. The lowest BCUT2D eigenvalue weighted by Crippen LogP contribution is -2.09. The van der Waals surface area contributed by atoms with Crippen LogP contribution in [0.5, 0.6) is 0 Å². The first-order valence-electron chi connectivity index (χ1n) is 7.27. The number of benzene rings is 2. The molecule has 0 amide bonds. The van der Waals surface area contributed by atoms with E-state index in [0.29, 0.717) is 5.92 Å². The van der Waals surface area contributed by atoms with Crippen molar-refractivity contribution in [1.29, 1.82) is 0 Å². The summed E-state index contributed by atoms with van der Waals surface area (Å²) in [6.07, 6.45) is 2.72. The van der Waals surface area contributed by atoms with Crippen LogP contribution < -0.4 is 0 Å². The van der Waals surface area contributed by atoms with Gasteiger partial charge < -0.3 is 4.79 Å². The lowest BCUT2D eigenvalue weighted by atomic mass is 9.92. The summed E-state index contributed by atoms with van der Waals surface area (Å²) in [6.45, 7) is 4.39. The van der Waals surface area contributed by atoms with Gasteiger partial charge in [0.15, 0.2) is 0 Å². The largest absolute Gasteiger partial charge is 0.303 e. The van der Waals surface area contributed by atoms with Crippen LogP contribution in [-0.4, -0.2) is 6.29 Å². The average Bonchev–Trinajstić information content (AvgIpc) is 2.48. The summed E-state index contributed by atoms with van der Waals surface area (Å²) in [5.41, 5.74) is 3.81. The molecule has 104 valence electrons. The third kappa shape index (κ3) is 4.06. The molecule has 2 rings (SSSR count). The lowest BCUT2D eigenvalue weighted by Gasteiger charge is -2.12. The van der Waals surface area contributed by atoms with Crippen LogP contribution in [-0.2, 0) is 17.6 Å². The summed E-state index contributed by atoms with van der Waals surface area (Å²) < 4.78 is 0. The normalized spacial score (nSPS) is 12.3. The maximum absolute atomic E-state index is 11.3. The summed E-state index contributed by atoms with van der Waals surface area (Å²) in [7, 11) is 0. The summed E-state index contributed by atoms with van der Waals surface area (Å²) in [4.78, 5) is 11.3. The SMILES string of the molecule is CC(C)c1ccc(CC(C=O)Cc2ccccc2)cc1. The van der Waals surface area contributed by atoms with Crippen molar-refractivity contribution < 1.29 is 4.79 Å². The van der Waals surface area contributed by atoms with Crippen LogP contribution in [0.4, 0.5) is 0 Å². The van der Waals surface area contributed by atoms with Crippen molar-refractivity contribution in [2.24, 2.45) is 5.92 Å². The quantitative estimate of drug-likeness (QED) is 0.708. The van der Waals surface area contributed by atoms with Gasteiger partial charge >= 0.3 is 0 Å². The Morgan fingerprint density at radius 3 is 1.90 bits per heavy atom. The Labute approximate surface area is 121 Å². The van der Waals surface area contributed by atoms with Gasteiger partial charge in [0.05, 0.1) is 0 Å². The summed E-state index contributed by atoms with van der Waals surface area (Å²) in [5, 5.41) is 0. The highest BCUT2D eigenvalue weighted by atomic mass is 16.1. The molecule has 2 aromatic rings. The topological polar surface area (TPSA) is 17.1 Å². The van der Waals surface area contributed by atoms with E-state index in [0.717, 1.165) is 19.1 Å². The Bertz CT molecular complexity index is 525. The molecule has 1 heteroatoms. The maximum atomic E-state index is 11.3. The lowest BCUT2D eigenvalue weighted by molar-refractivity contribution is -0.111. The number of hydrogen-bond acceptors (Lipinski definition) is 1. The first-order valence-corrected chi connectivity index (χ1v) is 7.27. The molecule has 0 aliphatic carbocycles. The Kier molecular flexibility index (Phi) is 5.11. The van der Waals surface area contributed by atoms with Gasteiger partial charge in [-0.05, 0) is 35.4 Å². The van der Waals surface area contributed by atoms with E-state index in [4.69, 9.17) is 0 Å². The Hall–Kier alpha value is -1.89. The highest BCUT2D eigenvalue weighted by molar-refractivity contribution is 5.55. The molecule has 2 aromatic carbocycles. The van der Waals surface area contributed by atoms with Crippen molar-refractivity contribution in [3.8, 4) is 0 Å². The van der Waals surface area contributed by atoms with E-state index in [1.807, 2.05) is 18.2 Å². The third-order valence-corrected chi connectivity index (χ3v) is 3.68. The second kappa shape index (κ2) is 7.04. The zero-order valence-electron chi connectivity index (χ0n) is 12.3. The monoisotopic (exact) mass is 266 g/mol. The number of carbonyl (C=O) groups is 1. The van der Waals surface area contributed by atoms with Crippen molar-refractivity contribution in [2.45, 2.75) is 32.6 Å². The van der Waals surface area contributed by atoms with Crippen molar-refractivity contribution in [2.75, 3.05) is 0 Å². The van der Waals surface area contributed by atoms with Crippen LogP contribution >= 0.6 is 0 Å². The van der Waals surface area contributed by atoms with E-state index in [2.05, 4.69) is 50.2 Å². The molecule has 0 heterocycles. The van der Waals surface area contributed by atoms with Gasteiger partial charge in [-0.15, -0.1) is 0 Å². The van der Waals surface area contributed by atoms with Crippen LogP contribution in [0.25, 0.3) is 0 Å². The van der Waals surface area contributed by atoms with E-state index in [9.17, 15) is 4.79 Å². The molecule has 0 saturated heterocycles. The summed E-state index contributed by atoms with van der Waals surface area (Å²) in [5.74, 6) is 0.609. The van der Waals surface area contributed by atoms with Gasteiger partial charge in [0.1, 0.15) is 6.29 Å². The Morgan fingerprint density at radius 1 is 0.850 bits per heavy atom. The van der Waals surface area contributed by atoms with E-state index in [1.54, 1.807) is 0 Å². The smallest absolute Gasteiger partial charge is 0.123 e. The van der Waals surface area contributed by atoms with Crippen LogP contribution in [0.3, 0.4) is 0 Å². The average molecular weight is 266 g/mol. The standard InChI is InChI=1S/C19H22O/c1-15(2)19-10-8-17(9-11-19)13-18(14-20)12-16-6-4-3-5-7-16/h3-11,14-15,18H,12-13H2,1-2H3. The minimum absolute atomic E-state index is 0.0577. The number of hydrogen-bond donors (Lipinski definition) is 0. The van der Waals surface area contributed by atoms with E-state index < -0.39 is 0 Å². The van der Waals surface area contributed by atoms with E-state index >= 15 is 0 Å². The van der Waals surface area contributed by atoms with Crippen LogP contribution in [0.2, 0.25) is 0 Å². The molecule has 0 N–H and O–H groups in total. The third-order valence-electron chi connectivity index (χ3n) is 3.68. The molecule has 1 atom stereocenters. The summed E-state index contributed by atoms with van der Waals surface area (Å²) >= 11 is 0. The van der Waals surface area contributed by atoms with Crippen LogP contribution in [0, 0.1) is 5.92 Å². The first kappa shape index (κ1) is 14.5. The van der Waals surface area contributed by atoms with Gasteiger partial charge in [-0.3, -0.25) is 0 Å². The van der Waals surface area contributed by atoms with Crippen molar-refractivity contribution in [3.63, 3.8) is 0 Å². The molecule has 0 saturated carbocycles. The minimum Gasteiger partial charge on any atom is -0.303 e. The molecule has 0 spiro atoms. The molecule has 0 aromatic heterocycles. The second-order valence-electron chi connectivity index (χ2n) is 5.69. The van der Waals surface area contributed by atoms with Crippen LogP contribution in [0.15, 0.2) is 54.6 Å². The molecule has 0 radical (unpaired) electrons. The first-order chi connectivity index (χ1) is 9.69. The maximum Gasteiger partial charge on any atom is 0.123 e. The fraction of sp³-hybridized carbons (Fsp3) is 0.316. The fourth-order valence-electron chi connectivity index (χ4n) is 2.43. The van der Waals surface area contributed by atoms with Gasteiger partial charge in [0.2, 0.25) is 0 Å². The highest BCUT2D eigenvalue weighted by Gasteiger charge is 2.10. The molecule has 0 fully saturated rings. The van der Waals surface area contributed by atoms with Gasteiger partial charge in [-0.25, -0.2) is 0 Å². The second-order valence-corrected chi connectivity index (χ2v) is 5.69. The fourth-order valence-corrected chi connectivity index (χ4v) is 2.43. The minimum atomic E-state index is 0.0577. The molecular formula is C19H22O. The molecular weight excluding hydrogens is 244 g/mol. The van der Waals surface area contributed by atoms with Gasteiger partial charge in [0.25, 0.3) is 0 Å². The number of rotatable bonds is 6. The number of aldehydes is 1. The molecule has 0 aliphatic rings. The molecule has 20 heavy (non-hydrogen) atoms. The Morgan fingerprint density at radius 2 is 1.40 bits per heavy atom. The van der Waals surface area contributed by atoms with Crippen LogP contribution in [0.1, 0.15) is 36.5 Å². The molecule has 1 unspecified atom stereocenters. The molecule has 0 bridgehead atoms. The van der Waals surface area contributed by atoms with Crippen molar-refractivity contribution in [1.82, 2.24) is 0 Å². The highest BCUT2D eigenvalue weighted by Crippen LogP contribution is 2.17. The number of carbonyl (C=O) groups excluding carboxylic acids is 1. The van der Waals surface area contributed by atoms with E-state index in [1.165, 1.54) is 16.7 Å². The van der Waals surface area contributed by atoms with Crippen molar-refractivity contribution >= 4 is 6.29 Å². The molecule has 0 aliphatic heterocycles. The molecule has 1 nitrogen and oxygen atoms in total. The van der Waals surface area contributed by atoms with Crippen molar-refractivity contribution in [3.05, 3.63) is 71.3 Å². The zero-order chi connectivity index (χ0) is 14.4.